The maximum Gasteiger partial charge on any atom is 0.151 e. The summed E-state index contributed by atoms with van der Waals surface area (Å²) in [7, 11) is 0. The normalized spacial score (nSPS) is 10.3. The Morgan fingerprint density at radius 3 is 2.58 bits per heavy atom. The largest absolute Gasteiger partial charge is 0.370 e. The monoisotopic (exact) mass is 284 g/mol. The Bertz CT molecular complexity index is 569. The van der Waals surface area contributed by atoms with Crippen LogP contribution in [0.5, 0.6) is 0 Å². The standard InChI is InChI=1S/C12H11ClF2N4/c1-2-16-10-5-11(18-6-17-10)19-12-8(13)3-7(14)4-9(12)15/h3-6H,2H2,1H3,(H2,16,17,18,19). The van der Waals surface area contributed by atoms with E-state index in [-0.39, 0.29) is 10.7 Å². The Morgan fingerprint density at radius 1 is 1.16 bits per heavy atom. The Kier molecular flexibility index (Phi) is 4.11. The molecule has 0 radical (unpaired) electrons. The zero-order chi connectivity index (χ0) is 13.8. The van der Waals surface area contributed by atoms with Crippen LogP contribution in [0, 0.1) is 11.6 Å². The summed E-state index contributed by atoms with van der Waals surface area (Å²) in [4.78, 5) is 7.92. The van der Waals surface area contributed by atoms with Gasteiger partial charge in [-0.15, -0.1) is 0 Å². The number of nitrogens with zero attached hydrogens (tertiary/aromatic N) is 2. The van der Waals surface area contributed by atoms with Gasteiger partial charge in [-0.1, -0.05) is 11.6 Å². The zero-order valence-corrected chi connectivity index (χ0v) is 10.8. The molecule has 2 rings (SSSR count). The Labute approximate surface area is 113 Å². The van der Waals surface area contributed by atoms with Crippen molar-refractivity contribution in [2.75, 3.05) is 17.2 Å². The summed E-state index contributed by atoms with van der Waals surface area (Å²) in [6, 6.07) is 3.38. The molecule has 0 aliphatic heterocycles. The van der Waals surface area contributed by atoms with E-state index in [9.17, 15) is 8.78 Å². The fourth-order valence-electron chi connectivity index (χ4n) is 1.49. The quantitative estimate of drug-likeness (QED) is 0.901. The van der Waals surface area contributed by atoms with E-state index in [4.69, 9.17) is 11.6 Å². The second-order valence-corrected chi connectivity index (χ2v) is 4.10. The first kappa shape index (κ1) is 13.5. The summed E-state index contributed by atoms with van der Waals surface area (Å²) >= 11 is 5.78. The average molecular weight is 285 g/mol. The van der Waals surface area contributed by atoms with Gasteiger partial charge < -0.3 is 10.6 Å². The molecule has 100 valence electrons. The molecule has 1 aromatic heterocycles. The Hall–Kier alpha value is -1.95. The van der Waals surface area contributed by atoms with Crippen LogP contribution >= 0.6 is 11.6 Å². The maximum absolute atomic E-state index is 13.6. The highest BCUT2D eigenvalue weighted by molar-refractivity contribution is 6.33. The van der Waals surface area contributed by atoms with Gasteiger partial charge in [0, 0.05) is 18.7 Å². The number of benzene rings is 1. The second kappa shape index (κ2) is 5.79. The minimum absolute atomic E-state index is 0.0239. The molecule has 19 heavy (non-hydrogen) atoms. The van der Waals surface area contributed by atoms with E-state index in [1.54, 1.807) is 6.07 Å². The van der Waals surface area contributed by atoms with Gasteiger partial charge in [-0.3, -0.25) is 0 Å². The number of aromatic nitrogens is 2. The lowest BCUT2D eigenvalue weighted by Crippen LogP contribution is -2.03. The van der Waals surface area contributed by atoms with Crippen molar-refractivity contribution in [1.29, 1.82) is 0 Å². The molecule has 1 heterocycles. The molecular weight excluding hydrogens is 274 g/mol. The van der Waals surface area contributed by atoms with Gasteiger partial charge >= 0.3 is 0 Å². The van der Waals surface area contributed by atoms with Gasteiger partial charge in [-0.25, -0.2) is 18.7 Å². The Balaban J connectivity index is 2.28. The molecule has 0 saturated heterocycles. The van der Waals surface area contributed by atoms with Crippen molar-refractivity contribution in [3.63, 3.8) is 0 Å². The van der Waals surface area contributed by atoms with Crippen LogP contribution < -0.4 is 10.6 Å². The van der Waals surface area contributed by atoms with Gasteiger partial charge in [0.1, 0.15) is 23.8 Å². The molecule has 0 saturated carbocycles. The summed E-state index contributed by atoms with van der Waals surface area (Å²) < 4.78 is 26.5. The molecule has 2 N–H and O–H groups in total. The number of hydrogen-bond donors (Lipinski definition) is 2. The maximum atomic E-state index is 13.6. The zero-order valence-electron chi connectivity index (χ0n) is 10.0. The van der Waals surface area contributed by atoms with Crippen LogP contribution in [0.2, 0.25) is 5.02 Å². The third-order valence-corrected chi connectivity index (χ3v) is 2.58. The SMILES string of the molecule is CCNc1cc(Nc2c(F)cc(F)cc2Cl)ncn1. The van der Waals surface area contributed by atoms with E-state index in [0.717, 1.165) is 12.1 Å². The number of anilines is 3. The average Bonchev–Trinajstić information content (AvgIpc) is 2.35. The van der Waals surface area contributed by atoms with Crippen LogP contribution in [0.15, 0.2) is 24.5 Å². The van der Waals surface area contributed by atoms with Crippen LogP contribution in [-0.2, 0) is 0 Å². The first-order valence-electron chi connectivity index (χ1n) is 5.57. The van der Waals surface area contributed by atoms with Gasteiger partial charge in [-0.05, 0) is 13.0 Å². The lowest BCUT2D eigenvalue weighted by Gasteiger charge is -2.10. The molecule has 7 heteroatoms. The molecule has 0 amide bonds. The van der Waals surface area contributed by atoms with E-state index in [0.29, 0.717) is 18.2 Å². The molecule has 0 fully saturated rings. The predicted octanol–water partition coefficient (Wildman–Crippen LogP) is 3.58. The summed E-state index contributed by atoms with van der Waals surface area (Å²) in [5.74, 6) is -0.560. The molecule has 0 unspecified atom stereocenters. The molecule has 4 nitrogen and oxygen atoms in total. The van der Waals surface area contributed by atoms with Crippen LogP contribution in [-0.4, -0.2) is 16.5 Å². The second-order valence-electron chi connectivity index (χ2n) is 3.69. The van der Waals surface area contributed by atoms with Crippen LogP contribution in [0.25, 0.3) is 0 Å². The van der Waals surface area contributed by atoms with E-state index >= 15 is 0 Å². The summed E-state index contributed by atoms with van der Waals surface area (Å²) in [6.45, 7) is 2.62. The fourth-order valence-corrected chi connectivity index (χ4v) is 1.73. The molecule has 1 aromatic carbocycles. The van der Waals surface area contributed by atoms with Crippen molar-refractivity contribution >= 4 is 28.9 Å². The van der Waals surface area contributed by atoms with Gasteiger partial charge in [0.25, 0.3) is 0 Å². The first-order chi connectivity index (χ1) is 9.10. The summed E-state index contributed by atoms with van der Waals surface area (Å²) in [5, 5.41) is 5.64. The Morgan fingerprint density at radius 2 is 1.89 bits per heavy atom. The molecule has 0 aliphatic rings. The van der Waals surface area contributed by atoms with Gasteiger partial charge in [0.05, 0.1) is 10.7 Å². The third-order valence-electron chi connectivity index (χ3n) is 2.28. The highest BCUT2D eigenvalue weighted by Crippen LogP contribution is 2.29. The summed E-state index contributed by atoms with van der Waals surface area (Å²) in [6.07, 6.45) is 1.33. The number of halogens is 3. The third kappa shape index (κ3) is 3.29. The van der Waals surface area contributed by atoms with Crippen LogP contribution in [0.4, 0.5) is 26.1 Å². The van der Waals surface area contributed by atoms with Gasteiger partial charge in [-0.2, -0.15) is 0 Å². The van der Waals surface area contributed by atoms with Crippen LogP contribution in [0.3, 0.4) is 0 Å². The molecule has 0 aliphatic carbocycles. The van der Waals surface area contributed by atoms with Crippen molar-refractivity contribution in [2.24, 2.45) is 0 Å². The van der Waals surface area contributed by atoms with Gasteiger partial charge in [0.2, 0.25) is 0 Å². The van der Waals surface area contributed by atoms with Gasteiger partial charge in [0.15, 0.2) is 5.82 Å². The summed E-state index contributed by atoms with van der Waals surface area (Å²) in [5.41, 5.74) is -0.0239. The van der Waals surface area contributed by atoms with Crippen molar-refractivity contribution in [1.82, 2.24) is 9.97 Å². The van der Waals surface area contributed by atoms with Crippen molar-refractivity contribution in [3.8, 4) is 0 Å². The minimum atomic E-state index is -0.784. The van der Waals surface area contributed by atoms with E-state index in [1.807, 2.05) is 6.92 Å². The predicted molar refractivity (Wildman–Crippen MR) is 70.8 cm³/mol. The molecule has 2 aromatic rings. The smallest absolute Gasteiger partial charge is 0.151 e. The van der Waals surface area contributed by atoms with Crippen molar-refractivity contribution in [2.45, 2.75) is 6.92 Å². The minimum Gasteiger partial charge on any atom is -0.370 e. The highest BCUT2D eigenvalue weighted by atomic mass is 35.5. The fraction of sp³-hybridized carbons (Fsp3) is 0.167. The number of hydrogen-bond acceptors (Lipinski definition) is 4. The number of nitrogens with one attached hydrogen (secondary N) is 2. The van der Waals surface area contributed by atoms with Crippen molar-refractivity contribution in [3.05, 3.63) is 41.2 Å². The van der Waals surface area contributed by atoms with E-state index < -0.39 is 11.6 Å². The lowest BCUT2D eigenvalue weighted by atomic mass is 10.3. The van der Waals surface area contributed by atoms with Crippen LogP contribution in [0.1, 0.15) is 6.92 Å². The number of rotatable bonds is 4. The molecule has 0 bridgehead atoms. The van der Waals surface area contributed by atoms with E-state index in [2.05, 4.69) is 20.6 Å². The van der Waals surface area contributed by atoms with Crippen molar-refractivity contribution < 1.29 is 8.78 Å². The lowest BCUT2D eigenvalue weighted by molar-refractivity contribution is 0.586. The highest BCUT2D eigenvalue weighted by Gasteiger charge is 2.11. The molecule has 0 atom stereocenters. The molecule has 0 spiro atoms. The first-order valence-corrected chi connectivity index (χ1v) is 5.95. The van der Waals surface area contributed by atoms with E-state index in [1.165, 1.54) is 6.33 Å². The topological polar surface area (TPSA) is 49.8 Å². The molecular formula is C12H11ClF2N4.